The third-order valence-electron chi connectivity index (χ3n) is 5.09. The van der Waals surface area contributed by atoms with E-state index in [-0.39, 0.29) is 6.54 Å². The minimum absolute atomic E-state index is 0.269. The number of carbonyl (C=O) groups is 1. The first kappa shape index (κ1) is 22.7. The third kappa shape index (κ3) is 4.63. The number of amides is 1. The number of anilines is 1. The van der Waals surface area contributed by atoms with Crippen molar-refractivity contribution in [1.82, 2.24) is 9.78 Å². The Morgan fingerprint density at radius 2 is 1.59 bits per heavy atom. The molecule has 174 valence electrons. The van der Waals surface area contributed by atoms with Crippen LogP contribution in [-0.4, -0.2) is 37.0 Å². The van der Waals surface area contributed by atoms with E-state index in [9.17, 15) is 9.59 Å². The second kappa shape index (κ2) is 9.95. The molecule has 0 fully saturated rings. The summed E-state index contributed by atoms with van der Waals surface area (Å²) in [7, 11) is 4.52. The molecule has 0 radical (unpaired) electrons. The highest BCUT2D eigenvalue weighted by atomic mass is 16.5. The summed E-state index contributed by atoms with van der Waals surface area (Å²) >= 11 is 0. The molecule has 1 heterocycles. The van der Waals surface area contributed by atoms with Gasteiger partial charge in [0.1, 0.15) is 12.3 Å². The van der Waals surface area contributed by atoms with Crippen LogP contribution in [0, 0.1) is 0 Å². The number of para-hydroxylation sites is 2. The summed E-state index contributed by atoms with van der Waals surface area (Å²) in [5.74, 6) is 2.08. The minimum Gasteiger partial charge on any atom is -0.493 e. The van der Waals surface area contributed by atoms with E-state index in [0.717, 1.165) is 4.68 Å². The zero-order valence-corrected chi connectivity index (χ0v) is 18.9. The van der Waals surface area contributed by atoms with Crippen LogP contribution in [0.2, 0.25) is 0 Å². The number of methoxy groups -OCH3 is 3. The Bertz CT molecular complexity index is 1380. The van der Waals surface area contributed by atoms with Gasteiger partial charge in [-0.05, 0) is 48.5 Å². The average Bonchev–Trinajstić information content (AvgIpc) is 2.86. The molecule has 1 N–H and O–H groups in total. The van der Waals surface area contributed by atoms with Crippen molar-refractivity contribution in [2.75, 3.05) is 26.6 Å². The van der Waals surface area contributed by atoms with Crippen molar-refractivity contribution in [1.29, 1.82) is 0 Å². The number of ether oxygens (including phenoxy) is 4. The molecule has 4 aromatic rings. The van der Waals surface area contributed by atoms with Gasteiger partial charge in [-0.3, -0.25) is 9.59 Å². The molecule has 0 aliphatic rings. The summed E-state index contributed by atoms with van der Waals surface area (Å²) in [4.78, 5) is 25.6. The van der Waals surface area contributed by atoms with Crippen molar-refractivity contribution in [2.45, 2.75) is 6.54 Å². The van der Waals surface area contributed by atoms with E-state index in [0.29, 0.717) is 45.2 Å². The van der Waals surface area contributed by atoms with Gasteiger partial charge in [0.2, 0.25) is 5.91 Å². The second-order valence-corrected chi connectivity index (χ2v) is 7.20. The van der Waals surface area contributed by atoms with Gasteiger partial charge in [-0.25, -0.2) is 4.68 Å². The molecule has 0 atom stereocenters. The first-order valence-electron chi connectivity index (χ1n) is 10.4. The maximum Gasteiger partial charge on any atom is 0.279 e. The fourth-order valence-corrected chi connectivity index (χ4v) is 3.47. The normalized spacial score (nSPS) is 10.6. The van der Waals surface area contributed by atoms with Crippen LogP contribution in [0.5, 0.6) is 28.7 Å². The zero-order chi connectivity index (χ0) is 24.1. The molecule has 1 amide bonds. The van der Waals surface area contributed by atoms with E-state index in [2.05, 4.69) is 10.4 Å². The number of aromatic nitrogens is 2. The minimum atomic E-state index is -0.455. The van der Waals surface area contributed by atoms with Crippen molar-refractivity contribution in [3.8, 4) is 28.7 Å². The molecule has 0 saturated carbocycles. The van der Waals surface area contributed by atoms with E-state index in [1.54, 1.807) is 55.6 Å². The number of nitrogens with one attached hydrogen (secondary N) is 1. The first-order chi connectivity index (χ1) is 16.5. The lowest BCUT2D eigenvalue weighted by molar-refractivity contribution is -0.117. The summed E-state index contributed by atoms with van der Waals surface area (Å²) in [6, 6.07) is 17.6. The topological polar surface area (TPSA) is 101 Å². The maximum atomic E-state index is 13.0. The molecule has 0 unspecified atom stereocenters. The van der Waals surface area contributed by atoms with E-state index in [1.165, 1.54) is 20.4 Å². The van der Waals surface area contributed by atoms with Crippen molar-refractivity contribution in [3.05, 3.63) is 77.2 Å². The Balaban J connectivity index is 1.48. The van der Waals surface area contributed by atoms with Gasteiger partial charge in [-0.1, -0.05) is 12.1 Å². The van der Waals surface area contributed by atoms with Crippen LogP contribution in [0.15, 0.2) is 71.7 Å². The van der Waals surface area contributed by atoms with Crippen molar-refractivity contribution in [3.63, 3.8) is 0 Å². The van der Waals surface area contributed by atoms with E-state index < -0.39 is 11.5 Å². The van der Waals surface area contributed by atoms with Crippen LogP contribution in [0.3, 0.4) is 0 Å². The highest BCUT2D eigenvalue weighted by Gasteiger charge is 2.16. The Morgan fingerprint density at radius 1 is 0.882 bits per heavy atom. The van der Waals surface area contributed by atoms with Gasteiger partial charge in [0, 0.05) is 11.1 Å². The van der Waals surface area contributed by atoms with Gasteiger partial charge >= 0.3 is 0 Å². The largest absolute Gasteiger partial charge is 0.493 e. The van der Waals surface area contributed by atoms with Crippen LogP contribution >= 0.6 is 0 Å². The number of nitrogens with zero attached hydrogens (tertiary/aromatic N) is 2. The maximum absolute atomic E-state index is 13.0. The molecule has 0 saturated heterocycles. The number of carbonyl (C=O) groups excluding carboxylic acids is 1. The molecular weight excluding hydrogens is 438 g/mol. The third-order valence-corrected chi connectivity index (χ3v) is 5.09. The van der Waals surface area contributed by atoms with Crippen LogP contribution in [-0.2, 0) is 11.3 Å². The number of hydrogen-bond acceptors (Lipinski definition) is 7. The Morgan fingerprint density at radius 3 is 2.26 bits per heavy atom. The van der Waals surface area contributed by atoms with Gasteiger partial charge in [-0.15, -0.1) is 0 Å². The Kier molecular flexibility index (Phi) is 6.63. The molecule has 3 aromatic carbocycles. The molecule has 0 aliphatic heterocycles. The van der Waals surface area contributed by atoms with Crippen LogP contribution in [0.1, 0.15) is 0 Å². The lowest BCUT2D eigenvalue weighted by atomic mass is 10.1. The standard InChI is InChI=1S/C25H23N3O6/c1-31-19-6-4-5-7-20(19)34-18-11-9-17(10-12-18)27-22(29)15-28-25(30)23-16(14-26-28)8-13-21(32-2)24(23)33-3/h4-14H,15H2,1-3H3,(H,27,29). The van der Waals surface area contributed by atoms with Crippen LogP contribution < -0.4 is 29.8 Å². The fourth-order valence-electron chi connectivity index (χ4n) is 3.47. The smallest absolute Gasteiger partial charge is 0.279 e. The van der Waals surface area contributed by atoms with Crippen LogP contribution in [0.25, 0.3) is 10.8 Å². The second-order valence-electron chi connectivity index (χ2n) is 7.20. The average molecular weight is 461 g/mol. The van der Waals surface area contributed by atoms with Gasteiger partial charge in [0.05, 0.1) is 32.9 Å². The lowest BCUT2D eigenvalue weighted by Gasteiger charge is -2.12. The Hall–Kier alpha value is -4.53. The van der Waals surface area contributed by atoms with Gasteiger partial charge in [-0.2, -0.15) is 5.10 Å². The molecule has 0 aliphatic carbocycles. The highest BCUT2D eigenvalue weighted by molar-refractivity contribution is 5.92. The predicted molar refractivity (Wildman–Crippen MR) is 127 cm³/mol. The van der Waals surface area contributed by atoms with Gasteiger partial charge in [0.15, 0.2) is 23.0 Å². The van der Waals surface area contributed by atoms with Crippen molar-refractivity contribution in [2.24, 2.45) is 0 Å². The molecule has 0 spiro atoms. The summed E-state index contributed by atoms with van der Waals surface area (Å²) in [6.07, 6.45) is 1.51. The number of rotatable bonds is 8. The van der Waals surface area contributed by atoms with E-state index in [1.807, 2.05) is 12.1 Å². The molecule has 9 heteroatoms. The molecule has 1 aromatic heterocycles. The monoisotopic (exact) mass is 461 g/mol. The predicted octanol–water partition coefficient (Wildman–Crippen LogP) is 3.85. The zero-order valence-electron chi connectivity index (χ0n) is 18.9. The number of benzene rings is 3. The van der Waals surface area contributed by atoms with E-state index in [4.69, 9.17) is 18.9 Å². The van der Waals surface area contributed by atoms with Crippen molar-refractivity contribution < 1.29 is 23.7 Å². The van der Waals surface area contributed by atoms with Gasteiger partial charge in [0.25, 0.3) is 5.56 Å². The summed E-state index contributed by atoms with van der Waals surface area (Å²) in [5, 5.41) is 7.75. The number of fused-ring (bicyclic) bond motifs is 1. The molecule has 9 nitrogen and oxygen atoms in total. The molecular formula is C25H23N3O6. The number of hydrogen-bond donors (Lipinski definition) is 1. The molecule has 4 rings (SSSR count). The lowest BCUT2D eigenvalue weighted by Crippen LogP contribution is -2.29. The quantitative estimate of drug-likeness (QED) is 0.425. The SMILES string of the molecule is COc1ccccc1Oc1ccc(NC(=O)Cn2ncc3ccc(OC)c(OC)c3c2=O)cc1. The van der Waals surface area contributed by atoms with Crippen molar-refractivity contribution >= 4 is 22.4 Å². The first-order valence-corrected chi connectivity index (χ1v) is 10.4. The van der Waals surface area contributed by atoms with Crippen LogP contribution in [0.4, 0.5) is 5.69 Å². The van der Waals surface area contributed by atoms with Gasteiger partial charge < -0.3 is 24.3 Å². The highest BCUT2D eigenvalue weighted by Crippen LogP contribution is 2.33. The summed E-state index contributed by atoms with van der Waals surface area (Å²) in [6.45, 7) is -0.269. The fraction of sp³-hybridized carbons (Fsp3) is 0.160. The summed E-state index contributed by atoms with van der Waals surface area (Å²) in [5.41, 5.74) is 0.0921. The summed E-state index contributed by atoms with van der Waals surface area (Å²) < 4.78 is 22.8. The molecule has 0 bridgehead atoms. The van der Waals surface area contributed by atoms with E-state index >= 15 is 0 Å². The Labute approximate surface area is 195 Å². The molecule has 34 heavy (non-hydrogen) atoms.